The van der Waals surface area contributed by atoms with Crippen LogP contribution in [0, 0.1) is 5.92 Å². The Morgan fingerprint density at radius 2 is 1.79 bits per heavy atom. The lowest BCUT2D eigenvalue weighted by molar-refractivity contribution is -0.120. The molecule has 132 valence electrons. The van der Waals surface area contributed by atoms with Crippen molar-refractivity contribution in [2.75, 3.05) is 31.6 Å². The lowest BCUT2D eigenvalue weighted by atomic mass is 10.2. The molecule has 1 aromatic carbocycles. The van der Waals surface area contributed by atoms with Crippen LogP contribution in [-0.2, 0) is 19.6 Å². The molecular weight excluding hydrogens is 328 g/mol. The molecule has 24 heavy (non-hydrogen) atoms. The number of ether oxygens (including phenoxy) is 1. The van der Waals surface area contributed by atoms with E-state index >= 15 is 0 Å². The quantitative estimate of drug-likeness (QED) is 0.816. The SMILES string of the molecule is O=C(COCC1CC1)Nc1ccc(S(=O)(=O)N2CCCCC2)cc1. The lowest BCUT2D eigenvalue weighted by Crippen LogP contribution is -2.35. The third-order valence-corrected chi connectivity index (χ3v) is 6.29. The molecule has 1 saturated heterocycles. The molecule has 1 aliphatic heterocycles. The van der Waals surface area contributed by atoms with Crippen LogP contribution in [0.15, 0.2) is 29.2 Å². The molecule has 1 heterocycles. The van der Waals surface area contributed by atoms with E-state index in [-0.39, 0.29) is 17.4 Å². The minimum Gasteiger partial charge on any atom is -0.371 e. The van der Waals surface area contributed by atoms with E-state index in [2.05, 4.69) is 5.32 Å². The Labute approximate surface area is 143 Å². The Bertz CT molecular complexity index is 662. The van der Waals surface area contributed by atoms with Crippen molar-refractivity contribution in [1.29, 1.82) is 0 Å². The molecule has 1 aromatic rings. The summed E-state index contributed by atoms with van der Waals surface area (Å²) >= 11 is 0. The van der Waals surface area contributed by atoms with Crippen LogP contribution < -0.4 is 5.32 Å². The molecule has 1 aliphatic carbocycles. The molecule has 2 aliphatic rings. The summed E-state index contributed by atoms with van der Waals surface area (Å²) < 4.78 is 32.0. The van der Waals surface area contributed by atoms with Crippen molar-refractivity contribution >= 4 is 21.6 Å². The molecule has 2 fully saturated rings. The lowest BCUT2D eigenvalue weighted by Gasteiger charge is -2.25. The zero-order chi connectivity index (χ0) is 17.0. The van der Waals surface area contributed by atoms with Crippen LogP contribution in [0.1, 0.15) is 32.1 Å². The van der Waals surface area contributed by atoms with Crippen LogP contribution in [0.25, 0.3) is 0 Å². The third kappa shape index (κ3) is 4.55. The molecule has 0 aromatic heterocycles. The van der Waals surface area contributed by atoms with Gasteiger partial charge in [0.1, 0.15) is 6.61 Å². The van der Waals surface area contributed by atoms with Gasteiger partial charge in [-0.1, -0.05) is 6.42 Å². The van der Waals surface area contributed by atoms with E-state index < -0.39 is 10.0 Å². The minimum atomic E-state index is -3.43. The summed E-state index contributed by atoms with van der Waals surface area (Å²) in [5.41, 5.74) is 0.576. The number of carbonyl (C=O) groups is 1. The second kappa shape index (κ2) is 7.63. The average Bonchev–Trinajstić information content (AvgIpc) is 3.40. The smallest absolute Gasteiger partial charge is 0.250 e. The standard InChI is InChI=1S/C17H24N2O4S/c20-17(13-23-12-14-4-5-14)18-15-6-8-16(9-7-15)24(21,22)19-10-2-1-3-11-19/h6-9,14H,1-5,10-13H2,(H,18,20). The maximum absolute atomic E-state index is 12.6. The van der Waals surface area contributed by atoms with Crippen molar-refractivity contribution in [2.24, 2.45) is 5.92 Å². The van der Waals surface area contributed by atoms with E-state index in [1.807, 2.05) is 0 Å². The number of hydrogen-bond acceptors (Lipinski definition) is 4. The van der Waals surface area contributed by atoms with Gasteiger partial charge in [-0.2, -0.15) is 4.31 Å². The summed E-state index contributed by atoms with van der Waals surface area (Å²) in [5, 5.41) is 2.72. The van der Waals surface area contributed by atoms with Crippen molar-refractivity contribution < 1.29 is 17.9 Å². The maximum atomic E-state index is 12.6. The van der Waals surface area contributed by atoms with Gasteiger partial charge in [0.25, 0.3) is 0 Å². The van der Waals surface area contributed by atoms with Gasteiger partial charge in [-0.05, 0) is 55.9 Å². The maximum Gasteiger partial charge on any atom is 0.250 e. The zero-order valence-corrected chi connectivity index (χ0v) is 14.6. The summed E-state index contributed by atoms with van der Waals surface area (Å²) in [6.45, 7) is 1.84. The Balaban J connectivity index is 1.54. The molecule has 0 unspecified atom stereocenters. The van der Waals surface area contributed by atoms with E-state index in [9.17, 15) is 13.2 Å². The Hall–Kier alpha value is -1.44. The molecule has 0 atom stereocenters. The molecule has 1 saturated carbocycles. The number of nitrogens with zero attached hydrogens (tertiary/aromatic N) is 1. The molecule has 1 N–H and O–H groups in total. The van der Waals surface area contributed by atoms with Gasteiger partial charge in [0.2, 0.25) is 15.9 Å². The predicted octanol–water partition coefficient (Wildman–Crippen LogP) is 2.23. The van der Waals surface area contributed by atoms with Crippen molar-refractivity contribution in [1.82, 2.24) is 4.31 Å². The van der Waals surface area contributed by atoms with Crippen molar-refractivity contribution in [2.45, 2.75) is 37.0 Å². The number of piperidine rings is 1. The zero-order valence-electron chi connectivity index (χ0n) is 13.7. The first-order valence-corrected chi connectivity index (χ1v) is 9.97. The summed E-state index contributed by atoms with van der Waals surface area (Å²) in [5.74, 6) is 0.402. The first-order chi connectivity index (χ1) is 11.6. The van der Waals surface area contributed by atoms with Crippen molar-refractivity contribution in [3.63, 3.8) is 0 Å². The summed E-state index contributed by atoms with van der Waals surface area (Å²) in [4.78, 5) is 12.1. The Morgan fingerprint density at radius 1 is 1.12 bits per heavy atom. The molecule has 7 heteroatoms. The fourth-order valence-corrected chi connectivity index (χ4v) is 4.28. The van der Waals surface area contributed by atoms with Crippen molar-refractivity contribution in [3.05, 3.63) is 24.3 Å². The van der Waals surface area contributed by atoms with Crippen LogP contribution in [-0.4, -0.2) is 44.9 Å². The number of nitrogens with one attached hydrogen (secondary N) is 1. The normalized spacial score (nSPS) is 19.2. The fraction of sp³-hybridized carbons (Fsp3) is 0.588. The number of anilines is 1. The highest BCUT2D eigenvalue weighted by molar-refractivity contribution is 7.89. The van der Waals surface area contributed by atoms with Gasteiger partial charge in [-0.25, -0.2) is 8.42 Å². The molecule has 0 bridgehead atoms. The number of sulfonamides is 1. The second-order valence-corrected chi connectivity index (χ2v) is 8.43. The summed E-state index contributed by atoms with van der Waals surface area (Å²) in [7, 11) is -3.43. The average molecular weight is 352 g/mol. The van der Waals surface area contributed by atoms with E-state index in [0.29, 0.717) is 31.3 Å². The van der Waals surface area contributed by atoms with E-state index in [1.165, 1.54) is 17.1 Å². The number of amides is 1. The van der Waals surface area contributed by atoms with Gasteiger partial charge in [0.05, 0.1) is 11.5 Å². The highest BCUT2D eigenvalue weighted by Gasteiger charge is 2.25. The predicted molar refractivity (Wildman–Crippen MR) is 91.2 cm³/mol. The van der Waals surface area contributed by atoms with Crippen LogP contribution in [0.4, 0.5) is 5.69 Å². The first-order valence-electron chi connectivity index (χ1n) is 8.53. The van der Waals surface area contributed by atoms with Gasteiger partial charge in [-0.3, -0.25) is 4.79 Å². The van der Waals surface area contributed by atoms with Crippen LogP contribution in [0.2, 0.25) is 0 Å². The van der Waals surface area contributed by atoms with E-state index in [0.717, 1.165) is 19.3 Å². The van der Waals surface area contributed by atoms with E-state index in [4.69, 9.17) is 4.74 Å². The monoisotopic (exact) mass is 352 g/mol. The van der Waals surface area contributed by atoms with E-state index in [1.54, 1.807) is 24.3 Å². The number of benzene rings is 1. The number of hydrogen-bond donors (Lipinski definition) is 1. The molecule has 1 amide bonds. The van der Waals surface area contributed by atoms with Crippen molar-refractivity contribution in [3.8, 4) is 0 Å². The van der Waals surface area contributed by atoms with Crippen LogP contribution in [0.3, 0.4) is 0 Å². The molecular formula is C17H24N2O4S. The van der Waals surface area contributed by atoms with Gasteiger partial charge >= 0.3 is 0 Å². The highest BCUT2D eigenvalue weighted by Crippen LogP contribution is 2.28. The largest absolute Gasteiger partial charge is 0.371 e. The number of rotatable bonds is 7. The van der Waals surface area contributed by atoms with Crippen LogP contribution >= 0.6 is 0 Å². The molecule has 0 spiro atoms. The first kappa shape index (κ1) is 17.4. The van der Waals surface area contributed by atoms with Gasteiger partial charge in [-0.15, -0.1) is 0 Å². The fourth-order valence-electron chi connectivity index (χ4n) is 2.76. The molecule has 0 radical (unpaired) electrons. The van der Waals surface area contributed by atoms with Crippen LogP contribution in [0.5, 0.6) is 0 Å². The van der Waals surface area contributed by atoms with Gasteiger partial charge in [0, 0.05) is 18.8 Å². The molecule has 3 rings (SSSR count). The second-order valence-electron chi connectivity index (χ2n) is 6.50. The van der Waals surface area contributed by atoms with Gasteiger partial charge in [0.15, 0.2) is 0 Å². The number of carbonyl (C=O) groups excluding carboxylic acids is 1. The van der Waals surface area contributed by atoms with Gasteiger partial charge < -0.3 is 10.1 Å². The Morgan fingerprint density at radius 3 is 2.42 bits per heavy atom. The summed E-state index contributed by atoms with van der Waals surface area (Å²) in [6, 6.07) is 6.33. The summed E-state index contributed by atoms with van der Waals surface area (Å²) in [6.07, 6.45) is 5.28. The topological polar surface area (TPSA) is 75.7 Å². The minimum absolute atomic E-state index is 0.0321. The molecule has 6 nitrogen and oxygen atoms in total. The Kier molecular flexibility index (Phi) is 5.53. The third-order valence-electron chi connectivity index (χ3n) is 4.37. The highest BCUT2D eigenvalue weighted by atomic mass is 32.2.